The number of carbonyl (C=O) groups is 2. The Morgan fingerprint density at radius 3 is 2.24 bits per heavy atom. The van der Waals surface area contributed by atoms with Crippen molar-refractivity contribution in [2.24, 2.45) is 0 Å². The number of benzene rings is 2. The molecular formula is C29H34FN3O4S. The zero-order chi connectivity index (χ0) is 26.9. The van der Waals surface area contributed by atoms with E-state index in [1.54, 1.807) is 51.5 Å². The molecule has 0 saturated carbocycles. The molecule has 2 heterocycles. The molecular weight excluding hydrogens is 505 g/mol. The molecule has 7 nitrogen and oxygen atoms in total. The fraction of sp³-hybridized carbons (Fsp3) is 0.379. The van der Waals surface area contributed by atoms with Crippen LogP contribution in [0.1, 0.15) is 33.6 Å². The molecule has 1 aliphatic rings. The number of thiophene rings is 1. The first-order valence-electron chi connectivity index (χ1n) is 12.7. The monoisotopic (exact) mass is 539 g/mol. The number of halogens is 1. The molecule has 3 aromatic rings. The number of nitrogens with zero attached hydrogens (tertiary/aromatic N) is 3. The molecule has 1 saturated heterocycles. The van der Waals surface area contributed by atoms with Crippen LogP contribution in [0.4, 0.5) is 4.39 Å². The highest BCUT2D eigenvalue weighted by Crippen LogP contribution is 2.24. The van der Waals surface area contributed by atoms with E-state index in [2.05, 4.69) is 4.90 Å². The summed E-state index contributed by atoms with van der Waals surface area (Å²) in [5.41, 5.74) is 1.22. The summed E-state index contributed by atoms with van der Waals surface area (Å²) in [5.74, 6) is 0.264. The van der Waals surface area contributed by atoms with Crippen molar-refractivity contribution in [2.75, 3.05) is 46.9 Å². The Morgan fingerprint density at radius 1 is 0.947 bits per heavy atom. The van der Waals surface area contributed by atoms with Crippen LogP contribution in [-0.2, 0) is 17.9 Å². The fourth-order valence-corrected chi connectivity index (χ4v) is 5.25. The number of carbonyl (C=O) groups excluding carboxylic acids is 2. The first-order valence-corrected chi connectivity index (χ1v) is 13.6. The van der Waals surface area contributed by atoms with E-state index in [0.717, 1.165) is 36.4 Å². The summed E-state index contributed by atoms with van der Waals surface area (Å²) in [6, 6.07) is 15.1. The third kappa shape index (κ3) is 7.55. The Labute approximate surface area is 227 Å². The van der Waals surface area contributed by atoms with Crippen LogP contribution in [-0.4, -0.2) is 73.5 Å². The summed E-state index contributed by atoms with van der Waals surface area (Å²) >= 11 is 1.57. The molecule has 0 atom stereocenters. The zero-order valence-electron chi connectivity index (χ0n) is 21.9. The summed E-state index contributed by atoms with van der Waals surface area (Å²) in [5, 5.41) is 1.97. The van der Waals surface area contributed by atoms with E-state index in [4.69, 9.17) is 9.47 Å². The van der Waals surface area contributed by atoms with Gasteiger partial charge in [0.05, 0.1) is 20.8 Å². The van der Waals surface area contributed by atoms with Crippen molar-refractivity contribution in [1.82, 2.24) is 14.7 Å². The van der Waals surface area contributed by atoms with Crippen LogP contribution in [0.3, 0.4) is 0 Å². The molecule has 1 fully saturated rings. The van der Waals surface area contributed by atoms with E-state index >= 15 is 0 Å². The van der Waals surface area contributed by atoms with Crippen LogP contribution in [0.15, 0.2) is 60.0 Å². The highest BCUT2D eigenvalue weighted by atomic mass is 32.1. The molecule has 0 N–H and O–H groups in total. The highest BCUT2D eigenvalue weighted by Gasteiger charge is 2.25. The van der Waals surface area contributed by atoms with Gasteiger partial charge in [0.15, 0.2) is 0 Å². The summed E-state index contributed by atoms with van der Waals surface area (Å²) in [6.45, 7) is 3.78. The third-order valence-electron chi connectivity index (χ3n) is 6.66. The molecule has 4 rings (SSSR count). The van der Waals surface area contributed by atoms with E-state index in [1.807, 2.05) is 17.5 Å². The molecule has 0 bridgehead atoms. The Balaban J connectivity index is 1.56. The third-order valence-corrected chi connectivity index (χ3v) is 7.52. The lowest BCUT2D eigenvalue weighted by molar-refractivity contribution is -0.133. The number of likely N-dealkylation sites (tertiary alicyclic amines) is 1. The molecule has 0 unspecified atom stereocenters. The van der Waals surface area contributed by atoms with Crippen LogP contribution in [0, 0.1) is 5.82 Å². The van der Waals surface area contributed by atoms with Crippen molar-refractivity contribution in [2.45, 2.75) is 25.9 Å². The van der Waals surface area contributed by atoms with Crippen LogP contribution < -0.4 is 9.47 Å². The zero-order valence-corrected chi connectivity index (χ0v) is 22.7. The second-order valence-corrected chi connectivity index (χ2v) is 10.4. The lowest BCUT2D eigenvalue weighted by Gasteiger charge is -2.29. The van der Waals surface area contributed by atoms with E-state index in [0.29, 0.717) is 43.2 Å². The predicted octanol–water partition coefficient (Wildman–Crippen LogP) is 4.67. The minimum absolute atomic E-state index is 0.0707. The minimum Gasteiger partial charge on any atom is -0.497 e. The quantitative estimate of drug-likeness (QED) is 0.335. The number of hydrogen-bond donors (Lipinski definition) is 0. The Hall–Kier alpha value is -3.43. The first kappa shape index (κ1) is 27.6. The van der Waals surface area contributed by atoms with Gasteiger partial charge in [-0.05, 0) is 67.2 Å². The highest BCUT2D eigenvalue weighted by molar-refractivity contribution is 7.09. The average Bonchev–Trinajstić information content (AvgIpc) is 3.65. The van der Waals surface area contributed by atoms with Crippen LogP contribution in [0.25, 0.3) is 0 Å². The number of methoxy groups -OCH3 is 2. The molecule has 2 aromatic carbocycles. The average molecular weight is 540 g/mol. The SMILES string of the molecule is COc1cc(OC)cc(C(=O)N(CCN2CCCC2)CC(=O)N(Cc2ccc(F)cc2)Cc2cccs2)c1. The molecule has 0 radical (unpaired) electrons. The fourth-order valence-electron chi connectivity index (χ4n) is 4.53. The van der Waals surface area contributed by atoms with Crippen molar-refractivity contribution in [3.63, 3.8) is 0 Å². The van der Waals surface area contributed by atoms with Gasteiger partial charge < -0.3 is 24.2 Å². The van der Waals surface area contributed by atoms with Gasteiger partial charge in [-0.2, -0.15) is 0 Å². The molecule has 38 heavy (non-hydrogen) atoms. The molecule has 9 heteroatoms. The Bertz CT molecular complexity index is 1170. The molecule has 202 valence electrons. The number of ether oxygens (including phenoxy) is 2. The maximum atomic E-state index is 13.7. The lowest BCUT2D eigenvalue weighted by atomic mass is 10.1. The molecule has 0 spiro atoms. The van der Waals surface area contributed by atoms with Crippen molar-refractivity contribution >= 4 is 23.2 Å². The standard InChI is InChI=1S/C29H34FN3O4S/c1-36-25-16-23(17-26(18-25)37-2)29(35)32(14-13-31-11-3-4-12-31)21-28(34)33(20-27-6-5-15-38-27)19-22-7-9-24(30)10-8-22/h5-10,15-18H,3-4,11-14,19-21H2,1-2H3. The minimum atomic E-state index is -0.322. The van der Waals surface area contributed by atoms with Gasteiger partial charge >= 0.3 is 0 Å². The van der Waals surface area contributed by atoms with Crippen LogP contribution >= 0.6 is 11.3 Å². The van der Waals surface area contributed by atoms with Gasteiger partial charge in [0.1, 0.15) is 23.9 Å². The van der Waals surface area contributed by atoms with Crippen molar-refractivity contribution in [3.05, 3.63) is 81.8 Å². The summed E-state index contributed by atoms with van der Waals surface area (Å²) < 4.78 is 24.2. The maximum absolute atomic E-state index is 13.7. The van der Waals surface area contributed by atoms with Gasteiger partial charge in [-0.15, -0.1) is 11.3 Å². The molecule has 1 aromatic heterocycles. The Kier molecular flexibility index (Phi) is 9.73. The second kappa shape index (κ2) is 13.4. The molecule has 2 amide bonds. The second-order valence-electron chi connectivity index (χ2n) is 9.33. The maximum Gasteiger partial charge on any atom is 0.254 e. The van der Waals surface area contributed by atoms with Gasteiger partial charge in [0, 0.05) is 36.1 Å². The number of amides is 2. The summed E-state index contributed by atoms with van der Waals surface area (Å²) in [7, 11) is 3.07. The van der Waals surface area contributed by atoms with Gasteiger partial charge in [0.25, 0.3) is 5.91 Å². The Morgan fingerprint density at radius 2 is 1.63 bits per heavy atom. The van der Waals surface area contributed by atoms with E-state index in [9.17, 15) is 14.0 Å². The first-order chi connectivity index (χ1) is 18.4. The normalized spacial score (nSPS) is 13.3. The predicted molar refractivity (Wildman–Crippen MR) is 146 cm³/mol. The van der Waals surface area contributed by atoms with Gasteiger partial charge in [-0.25, -0.2) is 4.39 Å². The molecule has 0 aliphatic carbocycles. The van der Waals surface area contributed by atoms with Gasteiger partial charge in [0.2, 0.25) is 5.91 Å². The van der Waals surface area contributed by atoms with E-state index in [-0.39, 0.29) is 24.2 Å². The molecule has 1 aliphatic heterocycles. The topological polar surface area (TPSA) is 62.3 Å². The summed E-state index contributed by atoms with van der Waals surface area (Å²) in [6.07, 6.45) is 2.29. The van der Waals surface area contributed by atoms with E-state index < -0.39 is 0 Å². The van der Waals surface area contributed by atoms with Crippen molar-refractivity contribution in [3.8, 4) is 11.5 Å². The van der Waals surface area contributed by atoms with Crippen molar-refractivity contribution in [1.29, 1.82) is 0 Å². The largest absolute Gasteiger partial charge is 0.497 e. The van der Waals surface area contributed by atoms with E-state index in [1.165, 1.54) is 26.4 Å². The van der Waals surface area contributed by atoms with Crippen LogP contribution in [0.2, 0.25) is 0 Å². The number of rotatable bonds is 12. The van der Waals surface area contributed by atoms with Crippen molar-refractivity contribution < 1.29 is 23.5 Å². The smallest absolute Gasteiger partial charge is 0.254 e. The van der Waals surface area contributed by atoms with Gasteiger partial charge in [-0.1, -0.05) is 18.2 Å². The number of hydrogen-bond acceptors (Lipinski definition) is 6. The summed E-state index contributed by atoms with van der Waals surface area (Å²) in [4.78, 5) is 34.2. The lowest BCUT2D eigenvalue weighted by Crippen LogP contribution is -2.45. The van der Waals surface area contributed by atoms with Gasteiger partial charge in [-0.3, -0.25) is 9.59 Å². The van der Waals surface area contributed by atoms with Crippen LogP contribution in [0.5, 0.6) is 11.5 Å².